The molecular formula is C21H16ClN3O2S. The summed E-state index contributed by atoms with van der Waals surface area (Å²) in [6.07, 6.45) is 1.75. The monoisotopic (exact) mass is 409 g/mol. The van der Waals surface area contributed by atoms with Gasteiger partial charge in [-0.05, 0) is 37.3 Å². The van der Waals surface area contributed by atoms with E-state index in [0.29, 0.717) is 27.6 Å². The smallest absolute Gasteiger partial charge is 0.336 e. The highest BCUT2D eigenvalue weighted by atomic mass is 35.5. The van der Waals surface area contributed by atoms with Gasteiger partial charge in [-0.1, -0.05) is 35.4 Å². The van der Waals surface area contributed by atoms with Crippen LogP contribution < -0.4 is 5.32 Å². The van der Waals surface area contributed by atoms with Gasteiger partial charge in [0.1, 0.15) is 0 Å². The average molecular weight is 410 g/mol. The molecule has 2 aromatic carbocycles. The van der Waals surface area contributed by atoms with Crippen molar-refractivity contribution in [2.75, 3.05) is 5.32 Å². The molecule has 0 aliphatic carbocycles. The van der Waals surface area contributed by atoms with E-state index in [4.69, 9.17) is 11.6 Å². The second-order valence-electron chi connectivity index (χ2n) is 6.39. The normalized spacial score (nSPS) is 10.9. The quantitative estimate of drug-likeness (QED) is 0.446. The first-order chi connectivity index (χ1) is 13.5. The standard InChI is InChI=1S/C21H16ClN3O2S/c1-12-2-7-18-16(8-12)17(20(26)27)9-19(25-18)13-3-5-14(6-4-13)23-10-15-11-24-21(22)28-15/h2-9,11,23H,10H2,1H3,(H,26,27). The SMILES string of the molecule is Cc1ccc2nc(-c3ccc(NCc4cnc(Cl)s4)cc3)cc(C(=O)O)c2c1. The molecule has 140 valence electrons. The Hall–Kier alpha value is -2.96. The van der Waals surface area contributed by atoms with E-state index >= 15 is 0 Å². The number of carbonyl (C=O) groups is 1. The Morgan fingerprint density at radius 3 is 2.64 bits per heavy atom. The summed E-state index contributed by atoms with van der Waals surface area (Å²) in [7, 11) is 0. The molecule has 2 aromatic heterocycles. The van der Waals surface area contributed by atoms with Gasteiger partial charge in [-0.25, -0.2) is 14.8 Å². The van der Waals surface area contributed by atoms with Crippen LogP contribution in [-0.2, 0) is 6.54 Å². The minimum absolute atomic E-state index is 0.257. The number of carboxylic acid groups (broad SMARTS) is 1. The minimum Gasteiger partial charge on any atom is -0.478 e. The number of rotatable bonds is 5. The number of anilines is 1. The second kappa shape index (κ2) is 7.58. The van der Waals surface area contributed by atoms with Gasteiger partial charge in [0.2, 0.25) is 0 Å². The summed E-state index contributed by atoms with van der Waals surface area (Å²) >= 11 is 7.29. The number of nitrogens with zero attached hydrogens (tertiary/aromatic N) is 2. The first kappa shape index (κ1) is 18.4. The van der Waals surface area contributed by atoms with Gasteiger partial charge in [0.05, 0.1) is 23.3 Å². The van der Waals surface area contributed by atoms with Crippen LogP contribution in [0.3, 0.4) is 0 Å². The summed E-state index contributed by atoms with van der Waals surface area (Å²) in [4.78, 5) is 21.5. The number of aromatic nitrogens is 2. The van der Waals surface area contributed by atoms with Crippen molar-refractivity contribution in [1.82, 2.24) is 9.97 Å². The summed E-state index contributed by atoms with van der Waals surface area (Å²) in [6, 6.07) is 15.0. The molecule has 0 aliphatic heterocycles. The number of carboxylic acids is 1. The van der Waals surface area contributed by atoms with Crippen LogP contribution in [0.5, 0.6) is 0 Å². The van der Waals surface area contributed by atoms with Crippen molar-refractivity contribution < 1.29 is 9.90 Å². The van der Waals surface area contributed by atoms with E-state index in [1.54, 1.807) is 12.3 Å². The third kappa shape index (κ3) is 3.83. The van der Waals surface area contributed by atoms with Gasteiger partial charge in [0.25, 0.3) is 0 Å². The molecule has 2 N–H and O–H groups in total. The maximum atomic E-state index is 11.7. The molecule has 7 heteroatoms. The first-order valence-corrected chi connectivity index (χ1v) is 9.78. The third-order valence-corrected chi connectivity index (χ3v) is 5.48. The number of hydrogen-bond acceptors (Lipinski definition) is 5. The molecule has 28 heavy (non-hydrogen) atoms. The van der Waals surface area contributed by atoms with Crippen molar-refractivity contribution in [3.63, 3.8) is 0 Å². The van der Waals surface area contributed by atoms with E-state index < -0.39 is 5.97 Å². The lowest BCUT2D eigenvalue weighted by atomic mass is 10.0. The predicted molar refractivity (Wildman–Crippen MR) is 113 cm³/mol. The molecule has 0 unspecified atom stereocenters. The Morgan fingerprint density at radius 1 is 1.18 bits per heavy atom. The molecule has 0 saturated carbocycles. The summed E-state index contributed by atoms with van der Waals surface area (Å²) < 4.78 is 0.527. The van der Waals surface area contributed by atoms with E-state index in [9.17, 15) is 9.90 Å². The second-order valence-corrected chi connectivity index (χ2v) is 8.09. The van der Waals surface area contributed by atoms with E-state index in [2.05, 4.69) is 15.3 Å². The van der Waals surface area contributed by atoms with Crippen LogP contribution in [-0.4, -0.2) is 21.0 Å². The fourth-order valence-corrected chi connectivity index (χ4v) is 3.90. The average Bonchev–Trinajstić information content (AvgIpc) is 3.11. The fourth-order valence-electron chi connectivity index (χ4n) is 2.98. The molecule has 0 atom stereocenters. The van der Waals surface area contributed by atoms with Crippen LogP contribution in [0.2, 0.25) is 4.47 Å². The molecule has 4 aromatic rings. The number of aryl methyl sites for hydroxylation is 1. The van der Waals surface area contributed by atoms with Crippen LogP contribution in [0.1, 0.15) is 20.8 Å². The van der Waals surface area contributed by atoms with E-state index in [0.717, 1.165) is 21.7 Å². The number of aromatic carboxylic acids is 1. The molecule has 0 aliphatic rings. The largest absolute Gasteiger partial charge is 0.478 e. The van der Waals surface area contributed by atoms with Crippen LogP contribution in [0.4, 0.5) is 5.69 Å². The summed E-state index contributed by atoms with van der Waals surface area (Å²) in [5, 5.41) is 13.6. The zero-order valence-electron chi connectivity index (χ0n) is 14.9. The Balaban J connectivity index is 1.62. The highest BCUT2D eigenvalue weighted by Crippen LogP contribution is 2.27. The minimum atomic E-state index is -0.958. The van der Waals surface area contributed by atoms with E-state index in [1.165, 1.54) is 11.3 Å². The van der Waals surface area contributed by atoms with Crippen molar-refractivity contribution in [3.05, 3.63) is 75.2 Å². The number of halogens is 1. The molecule has 0 amide bonds. The van der Waals surface area contributed by atoms with Crippen molar-refractivity contribution in [1.29, 1.82) is 0 Å². The molecule has 0 saturated heterocycles. The first-order valence-electron chi connectivity index (χ1n) is 8.59. The maximum absolute atomic E-state index is 11.7. The lowest BCUT2D eigenvalue weighted by molar-refractivity contribution is 0.0699. The van der Waals surface area contributed by atoms with Gasteiger partial charge >= 0.3 is 5.97 Å². The summed E-state index contributed by atoms with van der Waals surface area (Å²) in [5.74, 6) is -0.958. The highest BCUT2D eigenvalue weighted by molar-refractivity contribution is 7.15. The van der Waals surface area contributed by atoms with Crippen molar-refractivity contribution in [2.24, 2.45) is 0 Å². The number of hydrogen-bond donors (Lipinski definition) is 2. The number of thiazole rings is 1. The van der Waals surface area contributed by atoms with Gasteiger partial charge in [-0.15, -0.1) is 11.3 Å². The molecule has 0 radical (unpaired) electrons. The topological polar surface area (TPSA) is 75.1 Å². The predicted octanol–water partition coefficient (Wildman–Crippen LogP) is 5.63. The lowest BCUT2D eigenvalue weighted by Gasteiger charge is -2.09. The van der Waals surface area contributed by atoms with Gasteiger partial charge in [-0.2, -0.15) is 0 Å². The zero-order chi connectivity index (χ0) is 19.7. The molecule has 0 bridgehead atoms. The van der Waals surface area contributed by atoms with E-state index in [1.807, 2.05) is 49.4 Å². The Bertz CT molecular complexity index is 1170. The van der Waals surface area contributed by atoms with Crippen LogP contribution in [0, 0.1) is 6.92 Å². The Morgan fingerprint density at radius 2 is 1.96 bits per heavy atom. The van der Waals surface area contributed by atoms with Gasteiger partial charge in [0.15, 0.2) is 4.47 Å². The van der Waals surface area contributed by atoms with Gasteiger partial charge < -0.3 is 10.4 Å². The fraction of sp³-hybridized carbons (Fsp3) is 0.0952. The number of nitrogens with one attached hydrogen (secondary N) is 1. The summed E-state index contributed by atoms with van der Waals surface area (Å²) in [6.45, 7) is 2.57. The van der Waals surface area contributed by atoms with Crippen LogP contribution in [0.25, 0.3) is 22.2 Å². The molecule has 5 nitrogen and oxygen atoms in total. The van der Waals surface area contributed by atoms with Crippen LogP contribution >= 0.6 is 22.9 Å². The highest BCUT2D eigenvalue weighted by Gasteiger charge is 2.13. The van der Waals surface area contributed by atoms with Crippen molar-refractivity contribution >= 4 is 45.5 Å². The molecule has 4 rings (SSSR count). The van der Waals surface area contributed by atoms with E-state index in [-0.39, 0.29) is 5.56 Å². The molecule has 0 spiro atoms. The summed E-state index contributed by atoms with van der Waals surface area (Å²) in [5.41, 5.74) is 4.37. The van der Waals surface area contributed by atoms with Crippen LogP contribution in [0.15, 0.2) is 54.7 Å². The lowest BCUT2D eigenvalue weighted by Crippen LogP contribution is -2.01. The van der Waals surface area contributed by atoms with Gasteiger partial charge in [-0.3, -0.25) is 0 Å². The van der Waals surface area contributed by atoms with Gasteiger partial charge in [0, 0.05) is 27.7 Å². The third-order valence-electron chi connectivity index (χ3n) is 4.37. The maximum Gasteiger partial charge on any atom is 0.336 e. The number of benzene rings is 2. The Kier molecular flexibility index (Phi) is 4.98. The molecule has 0 fully saturated rings. The Labute approximate surface area is 170 Å². The van der Waals surface area contributed by atoms with Crippen molar-refractivity contribution in [2.45, 2.75) is 13.5 Å². The zero-order valence-corrected chi connectivity index (χ0v) is 16.5. The molecule has 2 heterocycles. The van der Waals surface area contributed by atoms with Crippen molar-refractivity contribution in [3.8, 4) is 11.3 Å². The number of fused-ring (bicyclic) bond motifs is 1. The molecular weight excluding hydrogens is 394 g/mol. The number of pyridine rings is 1.